The van der Waals surface area contributed by atoms with Gasteiger partial charge >= 0.3 is 18.2 Å². The van der Waals surface area contributed by atoms with Crippen LogP contribution >= 0.6 is 11.5 Å². The number of aryl methyl sites for hydroxylation is 2. The Hall–Kier alpha value is -3.48. The fourth-order valence-corrected chi connectivity index (χ4v) is 2.91. The lowest BCUT2D eigenvalue weighted by molar-refractivity contribution is -0.192. The molecule has 166 valence electrons. The molecule has 0 saturated heterocycles. The number of amides is 2. The number of anilines is 1. The smallest absolute Gasteiger partial charge is 0.475 e. The van der Waals surface area contributed by atoms with Crippen molar-refractivity contribution in [3.8, 4) is 0 Å². The fraction of sp³-hybridized carbons (Fsp3) is 0.278. The Labute approximate surface area is 179 Å². The molecule has 31 heavy (non-hydrogen) atoms. The molecule has 1 aromatic carbocycles. The zero-order chi connectivity index (χ0) is 22.9. The minimum absolute atomic E-state index is 0.109. The van der Waals surface area contributed by atoms with E-state index in [1.165, 1.54) is 11.5 Å². The number of carboxylic acid groups (broad SMARTS) is 1. The predicted octanol–water partition coefficient (Wildman–Crippen LogP) is 3.63. The Balaban J connectivity index is 0.000000423. The number of hydrogen-bond donors (Lipinski definition) is 3. The Morgan fingerprint density at radius 1 is 1.26 bits per heavy atom. The van der Waals surface area contributed by atoms with Crippen LogP contribution in [0.1, 0.15) is 23.9 Å². The number of hydrogen-bond acceptors (Lipinski definition) is 6. The molecule has 2 amide bonds. The molecular weight excluding hydrogens is 437 g/mol. The van der Waals surface area contributed by atoms with Crippen molar-refractivity contribution in [1.29, 1.82) is 0 Å². The number of nitrogens with one attached hydrogen (secondary N) is 2. The van der Waals surface area contributed by atoms with Crippen molar-refractivity contribution in [1.82, 2.24) is 24.2 Å². The number of aliphatic carboxylic acids is 1. The van der Waals surface area contributed by atoms with E-state index in [-0.39, 0.29) is 12.1 Å². The summed E-state index contributed by atoms with van der Waals surface area (Å²) in [7, 11) is 0. The van der Waals surface area contributed by atoms with Gasteiger partial charge in [0.1, 0.15) is 5.82 Å². The van der Waals surface area contributed by atoms with Gasteiger partial charge in [0.2, 0.25) is 5.13 Å². The van der Waals surface area contributed by atoms with E-state index in [1.54, 1.807) is 19.4 Å². The summed E-state index contributed by atoms with van der Waals surface area (Å²) in [6.45, 7) is 2.55. The molecule has 1 unspecified atom stereocenters. The first kappa shape index (κ1) is 23.8. The highest BCUT2D eigenvalue weighted by Gasteiger charge is 2.38. The molecule has 3 aromatic rings. The molecular formula is C18H19F3N6O3S. The first-order chi connectivity index (χ1) is 14.6. The van der Waals surface area contributed by atoms with Gasteiger partial charge in [0, 0.05) is 30.5 Å². The number of aromatic nitrogens is 4. The second-order valence-electron chi connectivity index (χ2n) is 6.10. The van der Waals surface area contributed by atoms with E-state index >= 15 is 0 Å². The van der Waals surface area contributed by atoms with Crippen LogP contribution < -0.4 is 10.6 Å². The molecule has 0 aliphatic rings. The summed E-state index contributed by atoms with van der Waals surface area (Å²) >= 11 is 1.17. The summed E-state index contributed by atoms with van der Waals surface area (Å²) in [5.41, 5.74) is 1.06. The number of halogens is 3. The standard InChI is InChI=1S/C16H18N6OS.C2HF3O2/c1-12-18-16(24-21-12)20-15(23)19-14(13-5-3-2-4-6-13)7-9-22-10-8-17-11-22;3-2(4,5)1(6)7/h2-6,8,10-11,14H,7,9H2,1H3,(H2,18,19,20,21,23);(H,6,7). The third kappa shape index (κ3) is 8.42. The average Bonchev–Trinajstić information content (AvgIpc) is 3.37. The Kier molecular flexibility index (Phi) is 8.49. The maximum Gasteiger partial charge on any atom is 0.490 e. The second-order valence-corrected chi connectivity index (χ2v) is 6.85. The van der Waals surface area contributed by atoms with Gasteiger partial charge in [0.25, 0.3) is 0 Å². The van der Waals surface area contributed by atoms with Crippen molar-refractivity contribution in [2.24, 2.45) is 0 Å². The van der Waals surface area contributed by atoms with Crippen LogP contribution in [0.5, 0.6) is 0 Å². The molecule has 0 saturated carbocycles. The second kappa shape index (κ2) is 11.1. The summed E-state index contributed by atoms with van der Waals surface area (Å²) < 4.78 is 37.8. The molecule has 0 radical (unpaired) electrons. The molecule has 0 spiro atoms. The quantitative estimate of drug-likeness (QED) is 0.521. The molecule has 0 aliphatic heterocycles. The minimum Gasteiger partial charge on any atom is -0.475 e. The number of carbonyl (C=O) groups is 2. The summed E-state index contributed by atoms with van der Waals surface area (Å²) in [4.78, 5) is 29.3. The zero-order valence-corrected chi connectivity index (χ0v) is 17.0. The number of rotatable bonds is 6. The molecule has 1 atom stereocenters. The minimum atomic E-state index is -5.08. The van der Waals surface area contributed by atoms with E-state index < -0.39 is 12.1 Å². The van der Waals surface area contributed by atoms with Gasteiger partial charge in [-0.05, 0) is 18.9 Å². The number of alkyl halides is 3. The molecule has 0 bridgehead atoms. The van der Waals surface area contributed by atoms with E-state index in [1.807, 2.05) is 41.1 Å². The molecule has 2 heterocycles. The monoisotopic (exact) mass is 456 g/mol. The average molecular weight is 456 g/mol. The van der Waals surface area contributed by atoms with E-state index in [0.717, 1.165) is 18.5 Å². The van der Waals surface area contributed by atoms with Crippen LogP contribution in [0.25, 0.3) is 0 Å². The van der Waals surface area contributed by atoms with E-state index in [9.17, 15) is 18.0 Å². The topological polar surface area (TPSA) is 122 Å². The van der Waals surface area contributed by atoms with Crippen molar-refractivity contribution in [3.05, 3.63) is 60.4 Å². The Bertz CT molecular complexity index is 964. The summed E-state index contributed by atoms with van der Waals surface area (Å²) in [5, 5.41) is 13.4. The van der Waals surface area contributed by atoms with Gasteiger partial charge < -0.3 is 15.0 Å². The lowest BCUT2D eigenvalue weighted by Gasteiger charge is -2.19. The summed E-state index contributed by atoms with van der Waals surface area (Å²) in [5.74, 6) is -2.11. The van der Waals surface area contributed by atoms with Gasteiger partial charge in [-0.3, -0.25) is 5.32 Å². The van der Waals surface area contributed by atoms with Crippen molar-refractivity contribution >= 4 is 28.7 Å². The lowest BCUT2D eigenvalue weighted by Crippen LogP contribution is -2.33. The van der Waals surface area contributed by atoms with Crippen LogP contribution in [-0.2, 0) is 11.3 Å². The van der Waals surface area contributed by atoms with Crippen molar-refractivity contribution in [2.45, 2.75) is 32.1 Å². The van der Waals surface area contributed by atoms with Gasteiger partial charge in [0.15, 0.2) is 0 Å². The maximum atomic E-state index is 12.3. The van der Waals surface area contributed by atoms with E-state index in [0.29, 0.717) is 11.0 Å². The predicted molar refractivity (Wildman–Crippen MR) is 107 cm³/mol. The van der Waals surface area contributed by atoms with E-state index in [2.05, 4.69) is 25.0 Å². The zero-order valence-electron chi connectivity index (χ0n) is 16.2. The third-order valence-electron chi connectivity index (χ3n) is 3.73. The Morgan fingerprint density at radius 2 is 1.94 bits per heavy atom. The number of benzene rings is 1. The molecule has 0 fully saturated rings. The SMILES string of the molecule is Cc1nsc(NC(=O)NC(CCn2ccnc2)c2ccccc2)n1.O=C(O)C(F)(F)F. The first-order valence-corrected chi connectivity index (χ1v) is 9.61. The number of urea groups is 1. The highest BCUT2D eigenvalue weighted by atomic mass is 32.1. The van der Waals surface area contributed by atoms with Crippen molar-refractivity contribution in [3.63, 3.8) is 0 Å². The molecule has 0 aliphatic carbocycles. The summed E-state index contributed by atoms with van der Waals surface area (Å²) in [6, 6.07) is 9.51. The van der Waals surface area contributed by atoms with Gasteiger partial charge in [-0.2, -0.15) is 17.5 Å². The van der Waals surface area contributed by atoms with Gasteiger partial charge in [-0.15, -0.1) is 0 Å². The van der Waals surface area contributed by atoms with Gasteiger partial charge in [0.05, 0.1) is 12.4 Å². The molecule has 3 N–H and O–H groups in total. The Morgan fingerprint density at radius 3 is 2.45 bits per heavy atom. The highest BCUT2D eigenvalue weighted by molar-refractivity contribution is 7.09. The van der Waals surface area contributed by atoms with Crippen LogP contribution in [-0.4, -0.2) is 42.2 Å². The highest BCUT2D eigenvalue weighted by Crippen LogP contribution is 2.18. The van der Waals surface area contributed by atoms with Crippen LogP contribution in [0.15, 0.2) is 49.1 Å². The van der Waals surface area contributed by atoms with Crippen LogP contribution in [0.2, 0.25) is 0 Å². The van der Waals surface area contributed by atoms with Crippen LogP contribution in [0, 0.1) is 6.92 Å². The molecule has 9 nitrogen and oxygen atoms in total. The van der Waals surface area contributed by atoms with Gasteiger partial charge in [-0.1, -0.05) is 30.3 Å². The summed E-state index contributed by atoms with van der Waals surface area (Å²) in [6.07, 6.45) is 1.09. The number of carbonyl (C=O) groups excluding carboxylic acids is 1. The van der Waals surface area contributed by atoms with Gasteiger partial charge in [-0.25, -0.2) is 19.6 Å². The first-order valence-electron chi connectivity index (χ1n) is 8.83. The molecule has 2 aromatic heterocycles. The number of nitrogens with zero attached hydrogens (tertiary/aromatic N) is 4. The number of carboxylic acids is 1. The number of imidazole rings is 1. The van der Waals surface area contributed by atoms with Crippen molar-refractivity contribution in [2.75, 3.05) is 5.32 Å². The van der Waals surface area contributed by atoms with E-state index in [4.69, 9.17) is 9.90 Å². The third-order valence-corrected chi connectivity index (χ3v) is 4.45. The molecule has 13 heteroatoms. The fourth-order valence-electron chi connectivity index (χ4n) is 2.34. The normalized spacial score (nSPS) is 11.7. The van der Waals surface area contributed by atoms with Crippen LogP contribution in [0.3, 0.4) is 0 Å². The molecule has 3 rings (SSSR count). The largest absolute Gasteiger partial charge is 0.490 e. The van der Waals surface area contributed by atoms with Crippen LogP contribution in [0.4, 0.5) is 23.1 Å². The maximum absolute atomic E-state index is 12.3. The lowest BCUT2D eigenvalue weighted by atomic mass is 10.0. The van der Waals surface area contributed by atoms with Crippen molar-refractivity contribution < 1.29 is 27.9 Å².